The van der Waals surface area contributed by atoms with E-state index < -0.39 is 5.97 Å². The fourth-order valence-corrected chi connectivity index (χ4v) is 5.08. The van der Waals surface area contributed by atoms with Crippen LogP contribution in [0, 0.1) is 26.7 Å². The Balaban J connectivity index is 1.73. The largest absolute Gasteiger partial charge is 0.481 e. The van der Waals surface area contributed by atoms with Gasteiger partial charge in [0.15, 0.2) is 0 Å². The highest BCUT2D eigenvalue weighted by Crippen LogP contribution is 2.40. The van der Waals surface area contributed by atoms with Gasteiger partial charge in [-0.05, 0) is 78.5 Å². The van der Waals surface area contributed by atoms with Crippen molar-refractivity contribution in [2.24, 2.45) is 5.92 Å². The highest BCUT2D eigenvalue weighted by Gasteiger charge is 2.33. The molecule has 2 aromatic rings. The minimum atomic E-state index is -0.829. The number of nitrogens with zero attached hydrogens (tertiary/aromatic N) is 2. The molecule has 1 N–H and O–H groups in total. The average molecular weight is 421 g/mol. The standard InChI is InChI=1S/C26H32N2O3/c1-16-5-7-20(8-6-16)25-19(4)23-15-28(26(31)27-11-9-17(2)10-12-27)14-22(23)18(3)21(25)13-24(29)30/h5-8,17H,9-15H2,1-4H3,(H,29,30). The minimum absolute atomic E-state index is 0.0128. The van der Waals surface area contributed by atoms with Crippen LogP contribution >= 0.6 is 0 Å². The molecule has 164 valence electrons. The predicted octanol–water partition coefficient (Wildman–Crippen LogP) is 5.07. The van der Waals surface area contributed by atoms with Crippen LogP contribution in [0.1, 0.15) is 53.1 Å². The first-order chi connectivity index (χ1) is 14.8. The summed E-state index contributed by atoms with van der Waals surface area (Å²) >= 11 is 0. The molecule has 0 bridgehead atoms. The number of fused-ring (bicyclic) bond motifs is 1. The molecule has 4 rings (SSSR count). The third-order valence-electron chi connectivity index (χ3n) is 7.09. The van der Waals surface area contributed by atoms with E-state index in [0.717, 1.165) is 59.3 Å². The van der Waals surface area contributed by atoms with E-state index in [0.29, 0.717) is 19.0 Å². The Bertz CT molecular complexity index is 1020. The maximum atomic E-state index is 13.2. The van der Waals surface area contributed by atoms with E-state index in [1.54, 1.807) is 0 Å². The Hall–Kier alpha value is -2.82. The van der Waals surface area contributed by atoms with Crippen molar-refractivity contribution in [2.45, 2.75) is 60.0 Å². The van der Waals surface area contributed by atoms with Crippen molar-refractivity contribution >= 4 is 12.0 Å². The number of carboxylic acid groups (broad SMARTS) is 1. The molecule has 0 saturated carbocycles. The lowest BCUT2D eigenvalue weighted by atomic mass is 9.84. The van der Waals surface area contributed by atoms with Crippen LogP contribution in [-0.2, 0) is 24.3 Å². The first-order valence-electron chi connectivity index (χ1n) is 11.2. The zero-order valence-corrected chi connectivity index (χ0v) is 19.0. The summed E-state index contributed by atoms with van der Waals surface area (Å²) in [5, 5.41) is 9.61. The normalized spacial score (nSPS) is 16.5. The second-order valence-corrected chi connectivity index (χ2v) is 9.31. The number of aliphatic carboxylic acids is 1. The van der Waals surface area contributed by atoms with E-state index in [4.69, 9.17) is 0 Å². The number of urea groups is 1. The molecular weight excluding hydrogens is 388 g/mol. The number of likely N-dealkylation sites (tertiary alicyclic amines) is 1. The van der Waals surface area contributed by atoms with Gasteiger partial charge in [-0.15, -0.1) is 0 Å². The van der Waals surface area contributed by atoms with Crippen LogP contribution in [-0.4, -0.2) is 40.0 Å². The molecule has 0 atom stereocenters. The maximum Gasteiger partial charge on any atom is 0.320 e. The molecule has 0 radical (unpaired) electrons. The molecule has 2 aliphatic heterocycles. The molecule has 1 fully saturated rings. The number of carbonyl (C=O) groups is 2. The summed E-state index contributed by atoms with van der Waals surface area (Å²) in [7, 11) is 0. The Morgan fingerprint density at radius 1 is 0.935 bits per heavy atom. The Morgan fingerprint density at radius 3 is 2.10 bits per heavy atom. The molecular formula is C26H32N2O3. The number of hydrogen-bond acceptors (Lipinski definition) is 2. The van der Waals surface area contributed by atoms with Gasteiger partial charge in [-0.2, -0.15) is 0 Å². The summed E-state index contributed by atoms with van der Waals surface area (Å²) in [6.07, 6.45) is 2.11. The Morgan fingerprint density at radius 2 is 1.52 bits per heavy atom. The molecule has 31 heavy (non-hydrogen) atoms. The second-order valence-electron chi connectivity index (χ2n) is 9.31. The van der Waals surface area contributed by atoms with Crippen LogP contribution in [0.3, 0.4) is 0 Å². The average Bonchev–Trinajstić information content (AvgIpc) is 3.19. The van der Waals surface area contributed by atoms with E-state index in [2.05, 4.69) is 38.1 Å². The van der Waals surface area contributed by atoms with Gasteiger partial charge in [-0.3, -0.25) is 4.79 Å². The summed E-state index contributed by atoms with van der Waals surface area (Å²) in [6.45, 7) is 11.2. The van der Waals surface area contributed by atoms with Crippen molar-refractivity contribution in [1.29, 1.82) is 0 Å². The highest BCUT2D eigenvalue weighted by molar-refractivity contribution is 5.83. The molecule has 5 nitrogen and oxygen atoms in total. The molecule has 5 heteroatoms. The van der Waals surface area contributed by atoms with Crippen LogP contribution in [0.25, 0.3) is 11.1 Å². The van der Waals surface area contributed by atoms with Crippen LogP contribution in [0.2, 0.25) is 0 Å². The highest BCUT2D eigenvalue weighted by atomic mass is 16.4. The molecule has 0 aliphatic carbocycles. The van der Waals surface area contributed by atoms with Gasteiger partial charge in [0.25, 0.3) is 0 Å². The van der Waals surface area contributed by atoms with Crippen LogP contribution in [0.15, 0.2) is 24.3 Å². The zero-order valence-electron chi connectivity index (χ0n) is 19.0. The lowest BCUT2D eigenvalue weighted by Crippen LogP contribution is -2.44. The van der Waals surface area contributed by atoms with Crippen molar-refractivity contribution in [3.8, 4) is 11.1 Å². The van der Waals surface area contributed by atoms with Crippen molar-refractivity contribution in [1.82, 2.24) is 9.80 Å². The smallest absolute Gasteiger partial charge is 0.320 e. The summed E-state index contributed by atoms with van der Waals surface area (Å²) in [5.74, 6) is -0.149. The predicted molar refractivity (Wildman–Crippen MR) is 122 cm³/mol. The summed E-state index contributed by atoms with van der Waals surface area (Å²) in [4.78, 5) is 28.8. The number of aryl methyl sites for hydroxylation is 1. The number of amides is 2. The fourth-order valence-electron chi connectivity index (χ4n) is 5.08. The fraction of sp³-hybridized carbons (Fsp3) is 0.462. The lowest BCUT2D eigenvalue weighted by Gasteiger charge is -2.33. The van der Waals surface area contributed by atoms with Gasteiger partial charge in [-0.1, -0.05) is 36.8 Å². The second kappa shape index (κ2) is 8.37. The van der Waals surface area contributed by atoms with E-state index in [1.807, 2.05) is 23.6 Å². The molecule has 2 amide bonds. The van der Waals surface area contributed by atoms with Gasteiger partial charge < -0.3 is 14.9 Å². The van der Waals surface area contributed by atoms with Gasteiger partial charge in [0, 0.05) is 26.2 Å². The number of rotatable bonds is 3. The molecule has 2 heterocycles. The zero-order chi connectivity index (χ0) is 22.3. The van der Waals surface area contributed by atoms with Gasteiger partial charge in [0.05, 0.1) is 6.42 Å². The molecule has 0 spiro atoms. The first kappa shape index (κ1) is 21.4. The van der Waals surface area contributed by atoms with Gasteiger partial charge >= 0.3 is 12.0 Å². The quantitative estimate of drug-likeness (QED) is 0.754. The van der Waals surface area contributed by atoms with Gasteiger partial charge in [0.1, 0.15) is 0 Å². The molecule has 0 unspecified atom stereocenters. The number of hydrogen-bond donors (Lipinski definition) is 1. The van der Waals surface area contributed by atoms with Gasteiger partial charge in [-0.25, -0.2) is 4.79 Å². The minimum Gasteiger partial charge on any atom is -0.481 e. The third kappa shape index (κ3) is 4.06. The molecule has 1 saturated heterocycles. The summed E-state index contributed by atoms with van der Waals surface area (Å²) in [6, 6.07) is 8.38. The molecule has 2 aliphatic rings. The number of carboxylic acids is 1. The van der Waals surface area contributed by atoms with E-state index in [1.165, 1.54) is 11.1 Å². The van der Waals surface area contributed by atoms with Crippen molar-refractivity contribution in [3.63, 3.8) is 0 Å². The van der Waals surface area contributed by atoms with Crippen molar-refractivity contribution in [3.05, 3.63) is 57.6 Å². The van der Waals surface area contributed by atoms with Crippen molar-refractivity contribution in [2.75, 3.05) is 13.1 Å². The van der Waals surface area contributed by atoms with Crippen molar-refractivity contribution < 1.29 is 14.7 Å². The third-order valence-corrected chi connectivity index (χ3v) is 7.09. The lowest BCUT2D eigenvalue weighted by molar-refractivity contribution is -0.136. The summed E-state index contributed by atoms with van der Waals surface area (Å²) < 4.78 is 0. The van der Waals surface area contributed by atoms with E-state index in [9.17, 15) is 14.7 Å². The molecule has 0 aromatic heterocycles. The Kier molecular flexibility index (Phi) is 5.78. The molecule has 2 aromatic carbocycles. The topological polar surface area (TPSA) is 60.9 Å². The number of carbonyl (C=O) groups excluding carboxylic acids is 1. The summed E-state index contributed by atoms with van der Waals surface area (Å²) in [5.41, 5.74) is 8.52. The van der Waals surface area contributed by atoms with E-state index in [-0.39, 0.29) is 12.5 Å². The number of piperidine rings is 1. The van der Waals surface area contributed by atoms with Crippen LogP contribution < -0.4 is 0 Å². The number of benzene rings is 2. The van der Waals surface area contributed by atoms with Crippen LogP contribution in [0.4, 0.5) is 4.79 Å². The first-order valence-corrected chi connectivity index (χ1v) is 11.2. The monoisotopic (exact) mass is 420 g/mol. The van der Waals surface area contributed by atoms with Crippen LogP contribution in [0.5, 0.6) is 0 Å². The van der Waals surface area contributed by atoms with Gasteiger partial charge in [0.2, 0.25) is 0 Å². The van der Waals surface area contributed by atoms with E-state index >= 15 is 0 Å². The Labute approximate surface area is 184 Å². The SMILES string of the molecule is Cc1ccc(-c2c(C)c3c(c(C)c2CC(=O)O)CN(C(=O)N2CCC(C)CC2)C3)cc1. The maximum absolute atomic E-state index is 13.2.